The van der Waals surface area contributed by atoms with Gasteiger partial charge in [0, 0.05) is 12.3 Å². The average Bonchev–Trinajstić information content (AvgIpc) is 1.98. The molecule has 0 saturated heterocycles. The van der Waals surface area contributed by atoms with Crippen LogP contribution in [0.2, 0.25) is 0 Å². The third-order valence-electron chi connectivity index (χ3n) is 2.74. The number of rotatable bonds is 4. The van der Waals surface area contributed by atoms with Crippen LogP contribution in [-0.2, 0) is 4.79 Å². The van der Waals surface area contributed by atoms with E-state index in [0.717, 1.165) is 0 Å². The summed E-state index contributed by atoms with van der Waals surface area (Å²) in [6.45, 7) is 3.58. The highest BCUT2D eigenvalue weighted by Gasteiger charge is 2.48. The molecule has 0 aromatic heterocycles. The molecule has 1 rings (SSSR count). The summed E-state index contributed by atoms with van der Waals surface area (Å²) in [5, 5.41) is 17.0. The lowest BCUT2D eigenvalue weighted by molar-refractivity contribution is -0.155. The lowest BCUT2D eigenvalue weighted by Gasteiger charge is -2.43. The monoisotopic (exact) mass is 198 g/mol. The van der Waals surface area contributed by atoms with Crippen molar-refractivity contribution in [3.05, 3.63) is 0 Å². The van der Waals surface area contributed by atoms with Crippen LogP contribution < -0.4 is 5.73 Å². The van der Waals surface area contributed by atoms with E-state index in [9.17, 15) is 9.90 Å². The Hall–Kier alpha value is -0.900. The second kappa shape index (κ2) is 3.69. The zero-order valence-corrected chi connectivity index (χ0v) is 8.71. The topological polar surface area (TPSA) is 87.2 Å². The van der Waals surface area contributed by atoms with Gasteiger partial charge in [-0.15, -0.1) is 0 Å². The van der Waals surface area contributed by atoms with Gasteiger partial charge in [-0.05, 0) is 18.8 Å². The van der Waals surface area contributed by atoms with Gasteiger partial charge in [-0.1, -0.05) is 13.8 Å². The number of aliphatic hydroxyl groups is 1. The smallest absolute Gasteiger partial charge is 0.166 e. The van der Waals surface area contributed by atoms with Crippen LogP contribution in [0.5, 0.6) is 0 Å². The summed E-state index contributed by atoms with van der Waals surface area (Å²) in [5.74, 6) is 0.129. The standard InChI is InChI=1S/C10H18N2O2/c1-6(2)9(13)10(14)4-7(5-10)3-8(11)12/h6-7,14H,3-5H2,1-2H3,(H3,11,12). The summed E-state index contributed by atoms with van der Waals surface area (Å²) in [7, 11) is 0. The van der Waals surface area contributed by atoms with Crippen LogP contribution in [0.25, 0.3) is 0 Å². The van der Waals surface area contributed by atoms with Crippen molar-refractivity contribution in [3.63, 3.8) is 0 Å². The van der Waals surface area contributed by atoms with Gasteiger partial charge < -0.3 is 10.8 Å². The lowest BCUT2D eigenvalue weighted by atomic mass is 9.65. The molecule has 14 heavy (non-hydrogen) atoms. The first kappa shape index (κ1) is 11.2. The van der Waals surface area contributed by atoms with Crippen molar-refractivity contribution in [1.29, 1.82) is 5.41 Å². The van der Waals surface area contributed by atoms with E-state index in [4.69, 9.17) is 11.1 Å². The highest BCUT2D eigenvalue weighted by Crippen LogP contribution is 2.41. The normalized spacial score (nSPS) is 31.3. The number of Topliss-reactive ketones (excluding diaryl/α,β-unsaturated/α-hetero) is 1. The van der Waals surface area contributed by atoms with Gasteiger partial charge in [-0.25, -0.2) is 0 Å². The second-order valence-electron chi connectivity index (χ2n) is 4.55. The lowest BCUT2D eigenvalue weighted by Crippen LogP contribution is -2.52. The molecule has 1 fully saturated rings. The summed E-state index contributed by atoms with van der Waals surface area (Å²) in [6, 6.07) is 0. The zero-order valence-electron chi connectivity index (χ0n) is 8.71. The van der Waals surface area contributed by atoms with Gasteiger partial charge >= 0.3 is 0 Å². The summed E-state index contributed by atoms with van der Waals surface area (Å²) in [5.41, 5.74) is 4.11. The average molecular weight is 198 g/mol. The van der Waals surface area contributed by atoms with Gasteiger partial charge in [0.1, 0.15) is 5.60 Å². The third-order valence-corrected chi connectivity index (χ3v) is 2.74. The van der Waals surface area contributed by atoms with Crippen molar-refractivity contribution < 1.29 is 9.90 Å². The molecule has 0 aromatic carbocycles. The molecule has 0 radical (unpaired) electrons. The molecule has 0 atom stereocenters. The fourth-order valence-electron chi connectivity index (χ4n) is 2.09. The van der Waals surface area contributed by atoms with E-state index in [1.807, 2.05) is 0 Å². The van der Waals surface area contributed by atoms with Crippen molar-refractivity contribution >= 4 is 11.6 Å². The molecule has 1 aliphatic rings. The molecule has 4 N–H and O–H groups in total. The quantitative estimate of drug-likeness (QED) is 0.458. The van der Waals surface area contributed by atoms with Gasteiger partial charge in [0.15, 0.2) is 5.78 Å². The molecule has 1 saturated carbocycles. The van der Waals surface area contributed by atoms with E-state index in [1.165, 1.54) is 0 Å². The van der Waals surface area contributed by atoms with Crippen LogP contribution in [-0.4, -0.2) is 22.3 Å². The fourth-order valence-corrected chi connectivity index (χ4v) is 2.09. The van der Waals surface area contributed by atoms with E-state index in [1.54, 1.807) is 13.8 Å². The SMILES string of the molecule is CC(C)C(=O)C1(O)CC(CC(=N)N)C1. The molecule has 0 bridgehead atoms. The predicted octanol–water partition coefficient (Wildman–Crippen LogP) is 0.679. The van der Waals surface area contributed by atoms with E-state index >= 15 is 0 Å². The van der Waals surface area contributed by atoms with Gasteiger partial charge in [0.25, 0.3) is 0 Å². The number of hydrogen-bond acceptors (Lipinski definition) is 3. The highest BCUT2D eigenvalue weighted by molar-refractivity contribution is 5.90. The third kappa shape index (κ3) is 2.12. The second-order valence-corrected chi connectivity index (χ2v) is 4.55. The molecule has 80 valence electrons. The van der Waals surface area contributed by atoms with Crippen LogP contribution in [0.1, 0.15) is 33.1 Å². The predicted molar refractivity (Wildman–Crippen MR) is 54.0 cm³/mol. The number of amidine groups is 1. The number of hydrogen-bond donors (Lipinski definition) is 3. The maximum Gasteiger partial charge on any atom is 0.166 e. The molecule has 0 spiro atoms. The number of nitrogens with one attached hydrogen (secondary N) is 1. The minimum Gasteiger partial charge on any atom is -0.388 e. The van der Waals surface area contributed by atoms with Crippen LogP contribution in [0.3, 0.4) is 0 Å². The van der Waals surface area contributed by atoms with Crippen molar-refractivity contribution in [1.82, 2.24) is 0 Å². The van der Waals surface area contributed by atoms with Crippen molar-refractivity contribution in [2.75, 3.05) is 0 Å². The number of carbonyl (C=O) groups excluding carboxylic acids is 1. The molecule has 0 aliphatic heterocycles. The van der Waals surface area contributed by atoms with Crippen molar-refractivity contribution in [2.24, 2.45) is 17.6 Å². The van der Waals surface area contributed by atoms with Gasteiger partial charge in [0.2, 0.25) is 0 Å². The Balaban J connectivity index is 2.45. The molecule has 0 heterocycles. The first-order valence-electron chi connectivity index (χ1n) is 4.95. The van der Waals surface area contributed by atoms with Crippen LogP contribution >= 0.6 is 0 Å². The van der Waals surface area contributed by atoms with Crippen molar-refractivity contribution in [3.8, 4) is 0 Å². The minimum absolute atomic E-state index is 0.0858. The molecule has 0 unspecified atom stereocenters. The first-order valence-corrected chi connectivity index (χ1v) is 4.95. The maximum absolute atomic E-state index is 11.5. The highest BCUT2D eigenvalue weighted by atomic mass is 16.3. The summed E-state index contributed by atoms with van der Waals surface area (Å²) in [4.78, 5) is 11.5. The molecule has 1 aliphatic carbocycles. The van der Waals surface area contributed by atoms with Crippen LogP contribution in [0.4, 0.5) is 0 Å². The summed E-state index contributed by atoms with van der Waals surface area (Å²) >= 11 is 0. The van der Waals surface area contributed by atoms with E-state index in [-0.39, 0.29) is 23.5 Å². The molecular weight excluding hydrogens is 180 g/mol. The van der Waals surface area contributed by atoms with Crippen LogP contribution in [0, 0.1) is 17.2 Å². The van der Waals surface area contributed by atoms with Crippen LogP contribution in [0.15, 0.2) is 0 Å². The van der Waals surface area contributed by atoms with Crippen molar-refractivity contribution in [2.45, 2.75) is 38.7 Å². The van der Waals surface area contributed by atoms with Gasteiger partial charge in [0.05, 0.1) is 5.84 Å². The summed E-state index contributed by atoms with van der Waals surface area (Å²) < 4.78 is 0. The van der Waals surface area contributed by atoms with E-state index in [2.05, 4.69) is 0 Å². The Labute approximate surface area is 84.0 Å². The number of nitrogens with two attached hydrogens (primary N) is 1. The van der Waals surface area contributed by atoms with E-state index < -0.39 is 5.60 Å². The zero-order chi connectivity index (χ0) is 10.9. The largest absolute Gasteiger partial charge is 0.388 e. The van der Waals surface area contributed by atoms with E-state index in [0.29, 0.717) is 19.3 Å². The van der Waals surface area contributed by atoms with Gasteiger partial charge in [-0.3, -0.25) is 10.2 Å². The Morgan fingerprint density at radius 3 is 2.50 bits per heavy atom. The van der Waals surface area contributed by atoms with Gasteiger partial charge in [-0.2, -0.15) is 0 Å². The number of carbonyl (C=O) groups is 1. The Kier molecular flexibility index (Phi) is 2.95. The molecular formula is C10H18N2O2. The fraction of sp³-hybridized carbons (Fsp3) is 0.800. The summed E-state index contributed by atoms with van der Waals surface area (Å²) in [6.07, 6.45) is 1.42. The Bertz CT molecular complexity index is 255. The molecule has 0 aromatic rings. The molecule has 4 nitrogen and oxygen atoms in total. The Morgan fingerprint density at radius 1 is 1.64 bits per heavy atom. The molecule has 4 heteroatoms. The number of ketones is 1. The minimum atomic E-state index is -1.13. The molecule has 0 amide bonds. The Morgan fingerprint density at radius 2 is 2.14 bits per heavy atom. The maximum atomic E-state index is 11.5. The first-order chi connectivity index (χ1) is 6.35.